The molecule has 0 amide bonds. The zero-order valence-electron chi connectivity index (χ0n) is 29.0. The van der Waals surface area contributed by atoms with Gasteiger partial charge in [0.2, 0.25) is 0 Å². The van der Waals surface area contributed by atoms with Crippen LogP contribution in [-0.4, -0.2) is 81.5 Å². The summed E-state index contributed by atoms with van der Waals surface area (Å²) < 4.78 is 31.1. The topological polar surface area (TPSA) is 95.8 Å². The Morgan fingerprint density at radius 2 is 1.66 bits per heavy atom. The molecule has 4 aliphatic heterocycles. The van der Waals surface area contributed by atoms with Crippen molar-refractivity contribution in [1.82, 2.24) is 9.80 Å². The molecule has 2 unspecified atom stereocenters. The largest absolute Gasteiger partial charge is 0.497 e. The number of halogens is 2. The molecule has 10 nitrogen and oxygen atoms in total. The summed E-state index contributed by atoms with van der Waals surface area (Å²) in [4.78, 5) is 16.7. The molecule has 0 saturated carbocycles. The third-order valence-corrected chi connectivity index (χ3v) is 11.5. The second-order valence-electron chi connectivity index (χ2n) is 13.5. The fraction of sp³-hybridized carbons (Fsp3) is 0.421. The molecule has 0 spiro atoms. The summed E-state index contributed by atoms with van der Waals surface area (Å²) in [7, 11) is 8.80. The number of nitro benzene ring substituents is 1. The predicted molar refractivity (Wildman–Crippen MR) is 192 cm³/mol. The van der Waals surface area contributed by atoms with Crippen LogP contribution in [-0.2, 0) is 28.7 Å². The molecule has 5 aliphatic rings. The number of benzene rings is 3. The van der Waals surface area contributed by atoms with Gasteiger partial charge in [0.05, 0.1) is 40.8 Å². The number of aryl methyl sites for hydroxylation is 1. The molecule has 50 heavy (non-hydrogen) atoms. The van der Waals surface area contributed by atoms with Crippen molar-refractivity contribution in [2.45, 2.75) is 56.9 Å². The second kappa shape index (κ2) is 13.7. The molecule has 8 rings (SSSR count). The van der Waals surface area contributed by atoms with Gasteiger partial charge in [-0.15, -0.1) is 0 Å². The molecule has 264 valence electrons. The number of methoxy groups -OCH3 is 3. The van der Waals surface area contributed by atoms with Crippen molar-refractivity contribution < 1.29 is 28.6 Å². The fourth-order valence-electron chi connectivity index (χ4n) is 8.00. The van der Waals surface area contributed by atoms with E-state index in [9.17, 15) is 10.1 Å². The molecular weight excluding hydrogens is 681 g/mol. The molecule has 1 aliphatic carbocycles. The zero-order chi connectivity index (χ0) is 35.4. The number of likely N-dealkylation sites (N-methyl/N-ethyl adjacent to an activating group) is 2. The SMILES string of the molecule is COC1=C(Cl)C2=C3C(Oc4cc5c(cc4C)CCN(C)[C@H]5Cc4ccc(cc4)Oc4c(OC)cc([N+](=O)[O-])c(c4Cl)C[C@@H]3N(C)CC2)C1OC. The van der Waals surface area contributed by atoms with Crippen LogP contribution in [0.5, 0.6) is 23.0 Å². The quantitative estimate of drug-likeness (QED) is 0.200. The molecule has 3 aromatic rings. The van der Waals surface area contributed by atoms with Gasteiger partial charge in [-0.3, -0.25) is 19.9 Å². The van der Waals surface area contributed by atoms with Gasteiger partial charge < -0.3 is 23.7 Å². The van der Waals surface area contributed by atoms with E-state index in [1.54, 1.807) is 14.2 Å². The van der Waals surface area contributed by atoms with Gasteiger partial charge in [-0.05, 0) is 91.9 Å². The Balaban J connectivity index is 1.49. The van der Waals surface area contributed by atoms with E-state index in [4.69, 9.17) is 46.9 Å². The van der Waals surface area contributed by atoms with Crippen LogP contribution >= 0.6 is 23.2 Å². The van der Waals surface area contributed by atoms with Crippen LogP contribution in [0.4, 0.5) is 5.69 Å². The van der Waals surface area contributed by atoms with Crippen LogP contribution in [0.3, 0.4) is 0 Å². The average Bonchev–Trinajstić information content (AvgIpc) is 3.10. The summed E-state index contributed by atoms with van der Waals surface area (Å²) in [6.45, 7) is 3.66. The Morgan fingerprint density at radius 1 is 0.940 bits per heavy atom. The van der Waals surface area contributed by atoms with Crippen molar-refractivity contribution in [3.8, 4) is 23.0 Å². The van der Waals surface area contributed by atoms with Gasteiger partial charge in [-0.2, -0.15) is 0 Å². The molecule has 0 saturated heterocycles. The van der Waals surface area contributed by atoms with Gasteiger partial charge in [0.15, 0.2) is 23.7 Å². The number of nitro groups is 1. The van der Waals surface area contributed by atoms with E-state index in [-0.39, 0.29) is 34.7 Å². The smallest absolute Gasteiger partial charge is 0.278 e. The van der Waals surface area contributed by atoms with Crippen LogP contribution in [0.15, 0.2) is 64.4 Å². The molecule has 0 fully saturated rings. The van der Waals surface area contributed by atoms with E-state index in [1.165, 1.54) is 24.3 Å². The minimum atomic E-state index is -0.682. The second-order valence-corrected chi connectivity index (χ2v) is 14.2. The van der Waals surface area contributed by atoms with E-state index in [2.05, 4.69) is 35.9 Å². The monoisotopic (exact) mass is 721 g/mol. The fourth-order valence-corrected chi connectivity index (χ4v) is 8.70. The van der Waals surface area contributed by atoms with Gasteiger partial charge in [0, 0.05) is 38.7 Å². The normalized spacial score (nSPS) is 23.8. The molecule has 12 heteroatoms. The van der Waals surface area contributed by atoms with Crippen LogP contribution < -0.4 is 14.2 Å². The number of nitrogens with zero attached hydrogens (tertiary/aromatic N) is 3. The van der Waals surface area contributed by atoms with E-state index in [0.29, 0.717) is 35.1 Å². The summed E-state index contributed by atoms with van der Waals surface area (Å²) in [6.07, 6.45) is 1.17. The summed E-state index contributed by atoms with van der Waals surface area (Å²) >= 11 is 14.3. The maximum absolute atomic E-state index is 12.6. The Kier molecular flexibility index (Phi) is 9.51. The highest BCUT2D eigenvalue weighted by atomic mass is 35.5. The minimum absolute atomic E-state index is 0.109. The van der Waals surface area contributed by atoms with Crippen LogP contribution in [0.2, 0.25) is 5.02 Å². The lowest BCUT2D eigenvalue weighted by Gasteiger charge is -2.45. The van der Waals surface area contributed by atoms with Crippen LogP contribution in [0.25, 0.3) is 0 Å². The number of fused-ring (bicyclic) bond motifs is 2. The van der Waals surface area contributed by atoms with Crippen LogP contribution in [0.1, 0.15) is 40.3 Å². The van der Waals surface area contributed by atoms with Gasteiger partial charge in [-0.1, -0.05) is 41.4 Å². The van der Waals surface area contributed by atoms with Crippen LogP contribution in [0, 0.1) is 17.0 Å². The first-order valence-corrected chi connectivity index (χ1v) is 17.5. The van der Waals surface area contributed by atoms with Crippen molar-refractivity contribution in [3.63, 3.8) is 0 Å². The lowest BCUT2D eigenvalue weighted by Crippen LogP contribution is -2.51. The molecule has 0 aromatic heterocycles. The number of ether oxygens (including phenoxy) is 5. The Bertz CT molecular complexity index is 1910. The maximum atomic E-state index is 12.6. The average molecular weight is 723 g/mol. The van der Waals surface area contributed by atoms with Gasteiger partial charge >= 0.3 is 0 Å². The first-order chi connectivity index (χ1) is 24.0. The first kappa shape index (κ1) is 34.6. The molecule has 6 bridgehead atoms. The Morgan fingerprint density at radius 3 is 2.34 bits per heavy atom. The van der Waals surface area contributed by atoms with Crippen molar-refractivity contribution in [2.24, 2.45) is 0 Å². The third-order valence-electron chi connectivity index (χ3n) is 10.7. The summed E-state index contributed by atoms with van der Waals surface area (Å²) in [6, 6.07) is 13.4. The summed E-state index contributed by atoms with van der Waals surface area (Å²) in [5, 5.41) is 13.2. The Labute approximate surface area is 302 Å². The molecular formula is C38H41Cl2N3O7. The highest BCUT2D eigenvalue weighted by Gasteiger charge is 2.46. The number of hydrogen-bond acceptors (Lipinski definition) is 9. The van der Waals surface area contributed by atoms with Gasteiger partial charge in [0.25, 0.3) is 5.69 Å². The minimum Gasteiger partial charge on any atom is -0.497 e. The summed E-state index contributed by atoms with van der Waals surface area (Å²) in [5.74, 6) is 2.15. The van der Waals surface area contributed by atoms with Gasteiger partial charge in [0.1, 0.15) is 17.3 Å². The van der Waals surface area contributed by atoms with Crippen molar-refractivity contribution >= 4 is 28.9 Å². The lowest BCUT2D eigenvalue weighted by molar-refractivity contribution is -0.385. The number of hydrogen-bond donors (Lipinski definition) is 0. The number of allylic oxidation sites excluding steroid dienone is 1. The molecule has 3 aromatic carbocycles. The molecule has 4 atom stereocenters. The Hall–Kier alpha value is -3.80. The first-order valence-electron chi connectivity index (χ1n) is 16.7. The molecule has 4 heterocycles. The highest BCUT2D eigenvalue weighted by molar-refractivity contribution is 6.33. The van der Waals surface area contributed by atoms with E-state index >= 15 is 0 Å². The summed E-state index contributed by atoms with van der Waals surface area (Å²) in [5.41, 5.74) is 6.59. The van der Waals surface area contributed by atoms with Crippen molar-refractivity contribution in [2.75, 3.05) is 48.5 Å². The maximum Gasteiger partial charge on any atom is 0.278 e. The van der Waals surface area contributed by atoms with Crippen molar-refractivity contribution in [3.05, 3.63) is 107 Å². The predicted octanol–water partition coefficient (Wildman–Crippen LogP) is 7.56. The van der Waals surface area contributed by atoms with E-state index in [1.807, 2.05) is 31.3 Å². The third kappa shape index (κ3) is 5.90. The molecule has 0 N–H and O–H groups in total. The van der Waals surface area contributed by atoms with E-state index in [0.717, 1.165) is 47.4 Å². The standard InChI is InChI=1S/C38H41Cl2N3O7/c1-20-15-22-11-13-41(2)27-16-21-7-9-23(10-8-21)49-35-31(46-4)19-28(43(44)45)26(34(35)40)17-29-32-24(12-14-42(29)3)33(39)37(47-5)38(48-6)36(32)50-30(20)18-25(22)27/h7-10,15,18-19,27,29,36,38H,11-14,16-17H2,1-6H3/t27-,29-,36?,38?/m0/s1. The number of rotatable bonds is 4. The van der Waals surface area contributed by atoms with Crippen molar-refractivity contribution in [1.29, 1.82) is 0 Å². The van der Waals surface area contributed by atoms with E-state index < -0.39 is 23.2 Å². The molecule has 0 radical (unpaired) electrons. The highest BCUT2D eigenvalue weighted by Crippen LogP contribution is 2.49. The van der Waals surface area contributed by atoms with Gasteiger partial charge in [-0.25, -0.2) is 0 Å². The lowest BCUT2D eigenvalue weighted by atomic mass is 9.79. The zero-order valence-corrected chi connectivity index (χ0v) is 30.6.